The van der Waals surface area contributed by atoms with E-state index in [0.29, 0.717) is 35.2 Å². The molecule has 0 radical (unpaired) electrons. The highest BCUT2D eigenvalue weighted by Gasteiger charge is 2.70. The van der Waals surface area contributed by atoms with Crippen molar-refractivity contribution in [3.8, 4) is 0 Å². The zero-order valence-corrected chi connectivity index (χ0v) is 27.2. The maximum atomic E-state index is 11.7. The van der Waals surface area contributed by atoms with E-state index < -0.39 is 11.9 Å². The molecule has 0 amide bonds. The molecule has 4 unspecified atom stereocenters. The van der Waals surface area contributed by atoms with Crippen molar-refractivity contribution < 1.29 is 19.8 Å². The van der Waals surface area contributed by atoms with E-state index in [4.69, 9.17) is 0 Å². The minimum absolute atomic E-state index is 0.00330. The molecule has 0 heterocycles. The number of aliphatic carboxylic acids is 1. The molecule has 5 aliphatic rings. The van der Waals surface area contributed by atoms with Crippen molar-refractivity contribution in [3.63, 3.8) is 0 Å². The molecule has 4 heteroatoms. The smallest absolute Gasteiger partial charge is 0.335 e. The van der Waals surface area contributed by atoms with Gasteiger partial charge < -0.3 is 10.2 Å². The molecule has 1 aromatic carbocycles. The molecule has 43 heavy (non-hydrogen) atoms. The molecule has 2 N–H and O–H groups in total. The average Bonchev–Trinajstić information content (AvgIpc) is 3.32. The largest absolute Gasteiger partial charge is 0.478 e. The molecular formula is C39H52O4. The molecule has 232 valence electrons. The van der Waals surface area contributed by atoms with Crippen LogP contribution < -0.4 is 0 Å². The summed E-state index contributed by atoms with van der Waals surface area (Å²) < 4.78 is 0. The second-order valence-corrected chi connectivity index (χ2v) is 16.5. The standard InChI is InChI=1S/C39H52O4/c1-24(2)27-14-20-39(21-17-32(40)41)23-22-37(6)29(33(27)39)12-13-31-36(5)18-15-28(25-8-10-26(11-9-25)34(42)43)35(3,4)30(36)16-19-38(31,37)7/h8-11,15,17,21,27,29-31,33H,1,12-14,16,18-20,22-23H2,2-7H3,(H,40,41)(H,42,43)/b21-17+/t27-,29?,30?,31?,33?,36-,37+,38+,39-/m0/s1. The Labute approximate surface area is 258 Å². The van der Waals surface area contributed by atoms with Crippen LogP contribution in [0.3, 0.4) is 0 Å². The number of rotatable bonds is 5. The van der Waals surface area contributed by atoms with Gasteiger partial charge in [-0.1, -0.05) is 71.1 Å². The van der Waals surface area contributed by atoms with E-state index in [1.165, 1.54) is 49.3 Å². The molecule has 4 saturated carbocycles. The minimum atomic E-state index is -0.878. The molecule has 6 rings (SSSR count). The molecule has 4 fully saturated rings. The number of fused-ring (bicyclic) bond motifs is 7. The lowest BCUT2D eigenvalue weighted by atomic mass is 9.32. The number of carboxylic acids is 2. The summed E-state index contributed by atoms with van der Waals surface area (Å²) >= 11 is 0. The van der Waals surface area contributed by atoms with Crippen LogP contribution in [0.2, 0.25) is 0 Å². The predicted molar refractivity (Wildman–Crippen MR) is 173 cm³/mol. The van der Waals surface area contributed by atoms with Gasteiger partial charge in [-0.15, -0.1) is 0 Å². The summed E-state index contributed by atoms with van der Waals surface area (Å²) in [6.07, 6.45) is 16.5. The third-order valence-electron chi connectivity index (χ3n) is 14.7. The topological polar surface area (TPSA) is 74.6 Å². The summed E-state index contributed by atoms with van der Waals surface area (Å²) in [5.41, 5.74) is 4.79. The van der Waals surface area contributed by atoms with Crippen LogP contribution in [0.4, 0.5) is 0 Å². The van der Waals surface area contributed by atoms with Gasteiger partial charge in [0.15, 0.2) is 0 Å². The maximum absolute atomic E-state index is 11.7. The summed E-state index contributed by atoms with van der Waals surface area (Å²) in [5.74, 6) is 1.03. The number of allylic oxidation sites excluding steroid dienone is 4. The molecule has 9 atom stereocenters. The zero-order chi connectivity index (χ0) is 31.2. The minimum Gasteiger partial charge on any atom is -0.478 e. The van der Waals surface area contributed by atoms with Crippen molar-refractivity contribution in [1.29, 1.82) is 0 Å². The summed E-state index contributed by atoms with van der Waals surface area (Å²) in [6, 6.07) is 7.51. The lowest BCUT2D eigenvalue weighted by Crippen LogP contribution is -2.65. The fraction of sp³-hybridized carbons (Fsp3) is 0.641. The second-order valence-electron chi connectivity index (χ2n) is 16.5. The van der Waals surface area contributed by atoms with Crippen LogP contribution in [0.25, 0.3) is 5.57 Å². The summed E-state index contributed by atoms with van der Waals surface area (Å²) in [6.45, 7) is 19.4. The van der Waals surface area contributed by atoms with E-state index in [-0.39, 0.29) is 27.1 Å². The number of hydrogen-bond donors (Lipinski definition) is 2. The Kier molecular flexibility index (Phi) is 7.03. The molecule has 4 nitrogen and oxygen atoms in total. The van der Waals surface area contributed by atoms with E-state index >= 15 is 0 Å². The number of carbonyl (C=O) groups is 2. The monoisotopic (exact) mass is 584 g/mol. The summed E-state index contributed by atoms with van der Waals surface area (Å²) in [7, 11) is 0. The van der Waals surface area contributed by atoms with Crippen LogP contribution in [0.15, 0.2) is 54.6 Å². The molecule has 1 aromatic rings. The van der Waals surface area contributed by atoms with E-state index in [1.54, 1.807) is 12.1 Å². The van der Waals surface area contributed by atoms with E-state index in [9.17, 15) is 19.8 Å². The van der Waals surface area contributed by atoms with Crippen LogP contribution >= 0.6 is 0 Å². The van der Waals surface area contributed by atoms with Gasteiger partial charge in [-0.2, -0.15) is 0 Å². The number of hydrogen-bond acceptors (Lipinski definition) is 2. The van der Waals surface area contributed by atoms with Gasteiger partial charge in [0.2, 0.25) is 0 Å². The maximum Gasteiger partial charge on any atom is 0.335 e. The Morgan fingerprint density at radius 3 is 2.19 bits per heavy atom. The zero-order valence-electron chi connectivity index (χ0n) is 27.2. The van der Waals surface area contributed by atoms with Crippen LogP contribution in [0.5, 0.6) is 0 Å². The van der Waals surface area contributed by atoms with Crippen LogP contribution in [0.1, 0.15) is 115 Å². The third kappa shape index (κ3) is 4.21. The molecular weight excluding hydrogens is 532 g/mol. The molecule has 0 saturated heterocycles. The highest BCUT2D eigenvalue weighted by Crippen LogP contribution is 2.77. The lowest BCUT2D eigenvalue weighted by Gasteiger charge is -2.72. The van der Waals surface area contributed by atoms with Gasteiger partial charge in [-0.25, -0.2) is 9.59 Å². The van der Waals surface area contributed by atoms with Crippen molar-refractivity contribution in [2.45, 2.75) is 99.3 Å². The predicted octanol–water partition coefficient (Wildman–Crippen LogP) is 9.68. The van der Waals surface area contributed by atoms with Crippen molar-refractivity contribution >= 4 is 17.5 Å². The van der Waals surface area contributed by atoms with Crippen molar-refractivity contribution in [2.75, 3.05) is 0 Å². The van der Waals surface area contributed by atoms with Crippen molar-refractivity contribution in [1.82, 2.24) is 0 Å². The first-order valence-corrected chi connectivity index (χ1v) is 16.7. The Balaban J connectivity index is 1.36. The van der Waals surface area contributed by atoms with Crippen molar-refractivity contribution in [2.24, 2.45) is 56.7 Å². The molecule has 0 bridgehead atoms. The van der Waals surface area contributed by atoms with E-state index in [0.717, 1.165) is 31.2 Å². The normalized spacial score (nSPS) is 43.1. The quantitative estimate of drug-likeness (QED) is 0.267. The van der Waals surface area contributed by atoms with Gasteiger partial charge >= 0.3 is 11.9 Å². The van der Waals surface area contributed by atoms with Crippen LogP contribution in [0, 0.1) is 56.7 Å². The Bertz CT molecular complexity index is 1400. The lowest BCUT2D eigenvalue weighted by molar-refractivity contribution is -0.221. The third-order valence-corrected chi connectivity index (χ3v) is 14.7. The Morgan fingerprint density at radius 1 is 0.860 bits per heavy atom. The second kappa shape index (κ2) is 9.94. The summed E-state index contributed by atoms with van der Waals surface area (Å²) in [4.78, 5) is 23.2. The number of carboxylic acid groups (broad SMARTS) is 2. The first kappa shape index (κ1) is 30.4. The Morgan fingerprint density at radius 2 is 1.56 bits per heavy atom. The SMILES string of the molecule is C=C(C)[C@@H]1CC[C@]2(/C=C/C(=O)O)CC[C@]3(C)C(CCC4[C@@]5(C)CC=C(c6ccc(C(=O)O)cc6)C(C)(C)C5CC[C@]43C)C12. The molecule has 0 aromatic heterocycles. The first-order chi connectivity index (χ1) is 20.1. The number of benzene rings is 1. The highest BCUT2D eigenvalue weighted by molar-refractivity contribution is 5.88. The summed E-state index contributed by atoms with van der Waals surface area (Å²) in [5, 5.41) is 19.0. The Hall–Kier alpha value is -2.62. The van der Waals surface area contributed by atoms with Gasteiger partial charge in [-0.05, 0) is 145 Å². The molecule has 5 aliphatic carbocycles. The van der Waals surface area contributed by atoms with E-state index in [2.05, 4.69) is 60.3 Å². The fourth-order valence-electron chi connectivity index (χ4n) is 12.6. The van der Waals surface area contributed by atoms with Gasteiger partial charge in [0.25, 0.3) is 0 Å². The van der Waals surface area contributed by atoms with Crippen LogP contribution in [-0.2, 0) is 4.79 Å². The molecule has 0 aliphatic heterocycles. The van der Waals surface area contributed by atoms with Crippen molar-refractivity contribution in [3.05, 3.63) is 65.8 Å². The van der Waals surface area contributed by atoms with Gasteiger partial charge in [0.05, 0.1) is 5.56 Å². The van der Waals surface area contributed by atoms with Crippen LogP contribution in [-0.4, -0.2) is 22.2 Å². The van der Waals surface area contributed by atoms with Gasteiger partial charge in [0, 0.05) is 6.08 Å². The highest BCUT2D eigenvalue weighted by atomic mass is 16.4. The fourth-order valence-corrected chi connectivity index (χ4v) is 12.6. The van der Waals surface area contributed by atoms with Gasteiger partial charge in [-0.3, -0.25) is 0 Å². The number of aromatic carboxylic acids is 1. The molecule has 0 spiro atoms. The average molecular weight is 585 g/mol. The van der Waals surface area contributed by atoms with Gasteiger partial charge in [0.1, 0.15) is 0 Å². The van der Waals surface area contributed by atoms with E-state index in [1.807, 2.05) is 12.1 Å². The first-order valence-electron chi connectivity index (χ1n) is 16.7.